The average molecular weight is 511 g/mol. The van der Waals surface area contributed by atoms with Gasteiger partial charge in [-0.1, -0.05) is 47.5 Å². The average Bonchev–Trinajstić information content (AvgIpc) is 2.66. The van der Waals surface area contributed by atoms with Crippen LogP contribution in [0.3, 0.4) is 0 Å². The van der Waals surface area contributed by atoms with E-state index in [9.17, 15) is 25.9 Å². The van der Waals surface area contributed by atoms with Gasteiger partial charge in [0.15, 0.2) is 0 Å². The van der Waals surface area contributed by atoms with Crippen LogP contribution in [-0.2, 0) is 20.2 Å². The Hall–Kier alpha value is -1.52. The Kier molecular flexibility index (Phi) is 8.73. The molecule has 0 spiro atoms. The van der Waals surface area contributed by atoms with Crippen LogP contribution in [0.4, 0.5) is 0 Å². The van der Waals surface area contributed by atoms with Crippen molar-refractivity contribution in [3.05, 3.63) is 82.9 Å². The van der Waals surface area contributed by atoms with Gasteiger partial charge in [0.1, 0.15) is 20.2 Å². The Morgan fingerprint density at radius 1 is 0.545 bits per heavy atom. The zero-order valence-corrected chi connectivity index (χ0v) is 22.6. The van der Waals surface area contributed by atoms with Gasteiger partial charge in [-0.25, -0.2) is 16.8 Å². The van der Waals surface area contributed by atoms with E-state index in [0.29, 0.717) is 0 Å². The summed E-state index contributed by atoms with van der Waals surface area (Å²) in [5, 5.41) is 3.51. The Morgan fingerprint density at radius 3 is 1.18 bits per heavy atom. The summed E-state index contributed by atoms with van der Waals surface area (Å²) in [5.41, 5.74) is 3.67. The fourth-order valence-electron chi connectivity index (χ4n) is 3.58. The topological polar surface area (TPSA) is 114 Å². The number of fused-ring (bicyclic) bond motifs is 2. The van der Waals surface area contributed by atoms with E-state index in [4.69, 9.17) is 0 Å². The number of hydrogen-bond donors (Lipinski definition) is 0. The van der Waals surface area contributed by atoms with Crippen LogP contribution in [0, 0.1) is 27.7 Å². The summed E-state index contributed by atoms with van der Waals surface area (Å²) in [7, 11) is -8.76. The maximum atomic E-state index is 11.0. The first-order chi connectivity index (χ1) is 14.8. The molecule has 4 aromatic carbocycles. The third kappa shape index (κ3) is 6.76. The number of aryl methyl sites for hydroxylation is 4. The molecule has 0 saturated heterocycles. The molecule has 6 nitrogen and oxygen atoms in total. The molecule has 33 heavy (non-hydrogen) atoms. The van der Waals surface area contributed by atoms with E-state index in [2.05, 4.69) is 0 Å². The van der Waals surface area contributed by atoms with Crippen LogP contribution >= 0.6 is 0 Å². The van der Waals surface area contributed by atoms with Crippen LogP contribution in [0.15, 0.2) is 70.5 Å². The van der Waals surface area contributed by atoms with Crippen LogP contribution in [0.1, 0.15) is 22.3 Å². The summed E-state index contributed by atoms with van der Waals surface area (Å²) < 4.78 is 65.7. The molecule has 4 rings (SSSR count). The minimum absolute atomic E-state index is 0. The predicted octanol–water partition coefficient (Wildman–Crippen LogP) is 4.34. The molecule has 0 bridgehead atoms. The summed E-state index contributed by atoms with van der Waals surface area (Å²) in [6.07, 6.45) is 0. The third-order valence-corrected chi connectivity index (χ3v) is 6.78. The first-order valence-electron chi connectivity index (χ1n) is 9.69. The third-order valence-electron chi connectivity index (χ3n) is 5.15. The van der Waals surface area contributed by atoms with Gasteiger partial charge in [-0.2, -0.15) is 0 Å². The van der Waals surface area contributed by atoms with E-state index < -0.39 is 20.2 Å². The maximum Gasteiger partial charge on any atom is 2.00 e. The summed E-state index contributed by atoms with van der Waals surface area (Å²) in [6, 6.07) is 17.2. The van der Waals surface area contributed by atoms with Crippen molar-refractivity contribution in [3.63, 3.8) is 0 Å². The van der Waals surface area contributed by atoms with Gasteiger partial charge in [-0.05, 0) is 84.6 Å². The molecule has 9 heteroatoms. The van der Waals surface area contributed by atoms with Gasteiger partial charge in [0, 0.05) is 0 Å². The molecule has 4 aromatic rings. The predicted molar refractivity (Wildman–Crippen MR) is 129 cm³/mol. The smallest absolute Gasteiger partial charge is 0.744 e. The van der Waals surface area contributed by atoms with Crippen molar-refractivity contribution >= 4 is 79.5 Å². The fourth-order valence-corrected chi connectivity index (χ4v) is 4.77. The van der Waals surface area contributed by atoms with Crippen molar-refractivity contribution in [2.45, 2.75) is 37.5 Å². The quantitative estimate of drug-likeness (QED) is 0.293. The van der Waals surface area contributed by atoms with E-state index in [1.165, 1.54) is 24.3 Å². The molecular formula is C24H22CaO6S2. The molecule has 0 N–H and O–H groups in total. The van der Waals surface area contributed by atoms with Crippen molar-refractivity contribution in [1.82, 2.24) is 0 Å². The van der Waals surface area contributed by atoms with E-state index >= 15 is 0 Å². The van der Waals surface area contributed by atoms with Crippen molar-refractivity contribution in [2.75, 3.05) is 0 Å². The minimum atomic E-state index is -4.38. The largest absolute Gasteiger partial charge is 2.00 e. The summed E-state index contributed by atoms with van der Waals surface area (Å²) in [6.45, 7) is 7.44. The molecule has 0 aromatic heterocycles. The van der Waals surface area contributed by atoms with Gasteiger partial charge in [-0.3, -0.25) is 0 Å². The first-order valence-corrected chi connectivity index (χ1v) is 12.5. The van der Waals surface area contributed by atoms with E-state index in [-0.39, 0.29) is 47.5 Å². The Balaban J connectivity index is 0.000000227. The zero-order valence-electron chi connectivity index (χ0n) is 18.7. The second kappa shape index (κ2) is 10.4. The van der Waals surface area contributed by atoms with Crippen molar-refractivity contribution in [2.24, 2.45) is 0 Å². The molecule has 0 saturated carbocycles. The van der Waals surface area contributed by atoms with Gasteiger partial charge in [0.05, 0.1) is 9.79 Å². The summed E-state index contributed by atoms with van der Waals surface area (Å²) in [5.74, 6) is 0. The maximum absolute atomic E-state index is 11.0. The Labute approximate surface area is 224 Å². The van der Waals surface area contributed by atoms with Crippen molar-refractivity contribution in [3.8, 4) is 0 Å². The molecule has 0 amide bonds. The molecule has 0 aliphatic carbocycles. The molecule has 0 heterocycles. The van der Waals surface area contributed by atoms with Crippen LogP contribution in [0.2, 0.25) is 0 Å². The van der Waals surface area contributed by atoms with Gasteiger partial charge >= 0.3 is 37.7 Å². The monoisotopic (exact) mass is 510 g/mol. The van der Waals surface area contributed by atoms with E-state index in [1.807, 2.05) is 50.2 Å². The first kappa shape index (κ1) is 27.7. The number of benzene rings is 4. The minimum Gasteiger partial charge on any atom is -0.744 e. The molecule has 0 aliphatic rings. The Morgan fingerprint density at radius 2 is 0.879 bits per heavy atom. The standard InChI is InChI=1S/2C12H12O3S.Ca/c2*1-8-3-4-12-9(2)6-11(16(13,14)15)7-10(12)5-8;/h2*3-7H,1-2H3,(H,13,14,15);/q;;+2/p-2. The van der Waals surface area contributed by atoms with Crippen LogP contribution in [0.25, 0.3) is 21.5 Å². The molecular weight excluding hydrogens is 488 g/mol. The molecule has 0 unspecified atom stereocenters. The SMILES string of the molecule is Cc1ccc2c(C)cc(S(=O)(=O)[O-])cc2c1.Cc1ccc2c(C)cc(S(=O)(=O)[O-])cc2c1.[Ca+2]. The van der Waals surface area contributed by atoms with Gasteiger partial charge in [0.2, 0.25) is 0 Å². The normalized spacial score (nSPS) is 11.6. The molecule has 0 aliphatic heterocycles. The van der Waals surface area contributed by atoms with Gasteiger partial charge in [0.25, 0.3) is 0 Å². The van der Waals surface area contributed by atoms with Crippen molar-refractivity contribution in [1.29, 1.82) is 0 Å². The summed E-state index contributed by atoms with van der Waals surface area (Å²) in [4.78, 5) is -0.328. The second-order valence-corrected chi connectivity index (χ2v) is 10.6. The van der Waals surface area contributed by atoms with E-state index in [1.54, 1.807) is 13.8 Å². The Bertz CT molecular complexity index is 1440. The van der Waals surface area contributed by atoms with Crippen LogP contribution < -0.4 is 0 Å². The second-order valence-electron chi connectivity index (χ2n) is 7.84. The summed E-state index contributed by atoms with van der Waals surface area (Å²) >= 11 is 0. The van der Waals surface area contributed by atoms with Gasteiger partial charge < -0.3 is 9.11 Å². The van der Waals surface area contributed by atoms with Crippen LogP contribution in [-0.4, -0.2) is 63.7 Å². The number of rotatable bonds is 2. The van der Waals surface area contributed by atoms with E-state index in [0.717, 1.165) is 43.8 Å². The number of hydrogen-bond acceptors (Lipinski definition) is 6. The molecule has 0 fully saturated rings. The zero-order chi connectivity index (χ0) is 23.8. The molecule has 0 radical (unpaired) electrons. The molecule has 0 atom stereocenters. The fraction of sp³-hybridized carbons (Fsp3) is 0.167. The van der Waals surface area contributed by atoms with Crippen molar-refractivity contribution < 1.29 is 25.9 Å². The van der Waals surface area contributed by atoms with Gasteiger partial charge in [-0.15, -0.1) is 0 Å². The van der Waals surface area contributed by atoms with Crippen LogP contribution in [0.5, 0.6) is 0 Å². The molecule has 168 valence electrons.